The van der Waals surface area contributed by atoms with Crippen molar-refractivity contribution < 1.29 is 64.3 Å². The second-order valence-electron chi connectivity index (χ2n) is 5.17. The molecule has 0 aromatic heterocycles. The summed E-state index contributed by atoms with van der Waals surface area (Å²) in [6.07, 6.45) is 0. The average molecular weight is 290 g/mol. The molecule has 2 nitrogen and oxygen atoms in total. The molecule has 0 rings (SSSR count). The zero-order valence-corrected chi connectivity index (χ0v) is 15.3. The number of hydrogen-bond donors (Lipinski definition) is 0. The average Bonchev–Trinajstić information content (AvgIpc) is 2.11. The Bertz CT molecular complexity index is 245. The fourth-order valence-corrected chi connectivity index (χ4v) is 1.48. The van der Waals surface area contributed by atoms with Gasteiger partial charge in [-0.25, -0.2) is 0 Å². The molecule has 0 aliphatic rings. The van der Waals surface area contributed by atoms with Crippen LogP contribution in [-0.4, -0.2) is 57.1 Å². The summed E-state index contributed by atoms with van der Waals surface area (Å²) in [6, 6.07) is 0. The Balaban J connectivity index is 0. The molecule has 0 bridgehead atoms. The van der Waals surface area contributed by atoms with Gasteiger partial charge in [0, 0.05) is 19.6 Å². The van der Waals surface area contributed by atoms with Crippen LogP contribution in [0.15, 0.2) is 12.1 Å². The fourth-order valence-electron chi connectivity index (χ4n) is 1.48. The molecule has 0 saturated heterocycles. The van der Waals surface area contributed by atoms with Crippen LogP contribution in [0.2, 0.25) is 0 Å². The van der Waals surface area contributed by atoms with Gasteiger partial charge in [-0.2, -0.15) is 0 Å². The van der Waals surface area contributed by atoms with Crippen molar-refractivity contribution in [3.63, 3.8) is 0 Å². The maximum atomic E-state index is 12.5. The summed E-state index contributed by atoms with van der Waals surface area (Å²) in [5.74, 6) is 0.352. The first-order valence-corrected chi connectivity index (χ1v) is 5.87. The van der Waals surface area contributed by atoms with Crippen LogP contribution >= 0.6 is 0 Å². The summed E-state index contributed by atoms with van der Waals surface area (Å²) in [4.78, 5) is 3.79. The third-order valence-corrected chi connectivity index (χ3v) is 2.38. The first-order chi connectivity index (χ1) is 7.62. The van der Waals surface area contributed by atoms with Crippen molar-refractivity contribution in [2.75, 3.05) is 40.3 Å². The number of likely N-dealkylation sites (N-methyl/N-ethyl adjacent to an activating group) is 1. The third-order valence-electron chi connectivity index (χ3n) is 2.38. The summed E-state index contributed by atoms with van der Waals surface area (Å²) < 4.78 is 37.4. The molecule has 0 spiro atoms. The molecule has 18 heavy (non-hydrogen) atoms. The minimum atomic E-state index is -4.91. The van der Waals surface area contributed by atoms with Crippen molar-refractivity contribution in [1.82, 2.24) is 9.80 Å². The van der Waals surface area contributed by atoms with Crippen LogP contribution in [0.25, 0.3) is 0 Å². The number of halogens is 3. The van der Waals surface area contributed by atoms with E-state index in [0.29, 0.717) is 19.0 Å². The maximum Gasteiger partial charge on any atom is 1.00 e. The molecule has 7 heteroatoms. The summed E-state index contributed by atoms with van der Waals surface area (Å²) in [6.45, 7) is 4.23. The molecule has 0 amide bonds. The molecule has 0 aliphatic carbocycles. The molecule has 0 radical (unpaired) electrons. The SMILES string of the molecule is C=C(CN(CCN(C)C)CC(C)C)[B-](F)(F)F.[K+]. The summed E-state index contributed by atoms with van der Waals surface area (Å²) >= 11 is 0. The molecular formula is C11H23BF3KN2. The normalized spacial score (nSPS) is 12.1. The minimum absolute atomic E-state index is 0. The summed E-state index contributed by atoms with van der Waals surface area (Å²) in [5.41, 5.74) is -0.607. The smallest absolute Gasteiger partial charge is 0.445 e. The number of hydrogen-bond acceptors (Lipinski definition) is 2. The van der Waals surface area contributed by atoms with E-state index in [9.17, 15) is 12.9 Å². The van der Waals surface area contributed by atoms with Gasteiger partial charge >= 0.3 is 58.4 Å². The van der Waals surface area contributed by atoms with E-state index < -0.39 is 12.4 Å². The monoisotopic (exact) mass is 290 g/mol. The predicted molar refractivity (Wildman–Crippen MR) is 68.1 cm³/mol. The predicted octanol–water partition coefficient (Wildman–Crippen LogP) is -0.547. The number of nitrogens with zero attached hydrogens (tertiary/aromatic N) is 2. The van der Waals surface area contributed by atoms with E-state index in [0.717, 1.165) is 6.54 Å². The van der Waals surface area contributed by atoms with E-state index in [1.54, 1.807) is 0 Å². The Hall–Kier alpha value is 1.15. The van der Waals surface area contributed by atoms with Crippen LogP contribution in [0, 0.1) is 5.92 Å². The van der Waals surface area contributed by atoms with Crippen LogP contribution in [0.3, 0.4) is 0 Å². The molecular weight excluding hydrogens is 267 g/mol. The Morgan fingerprint density at radius 3 is 2.00 bits per heavy atom. The molecule has 102 valence electrons. The van der Waals surface area contributed by atoms with Gasteiger partial charge in [0.25, 0.3) is 0 Å². The maximum absolute atomic E-state index is 12.5. The van der Waals surface area contributed by atoms with E-state index in [1.165, 1.54) is 0 Å². The van der Waals surface area contributed by atoms with Crippen LogP contribution in [0.4, 0.5) is 12.9 Å². The molecule has 0 heterocycles. The fraction of sp³-hybridized carbons (Fsp3) is 0.818. The Morgan fingerprint density at radius 2 is 1.67 bits per heavy atom. The van der Waals surface area contributed by atoms with Crippen LogP contribution in [0.1, 0.15) is 13.8 Å². The molecule has 0 fully saturated rings. The van der Waals surface area contributed by atoms with Crippen LogP contribution in [0.5, 0.6) is 0 Å². The van der Waals surface area contributed by atoms with Gasteiger partial charge in [0.15, 0.2) is 0 Å². The quantitative estimate of drug-likeness (QED) is 0.554. The molecule has 0 aromatic rings. The second-order valence-corrected chi connectivity index (χ2v) is 5.17. The third kappa shape index (κ3) is 11.0. The zero-order chi connectivity index (χ0) is 13.6. The van der Waals surface area contributed by atoms with E-state index in [1.807, 2.05) is 37.7 Å². The Morgan fingerprint density at radius 1 is 1.17 bits per heavy atom. The van der Waals surface area contributed by atoms with Gasteiger partial charge in [0.05, 0.1) is 0 Å². The van der Waals surface area contributed by atoms with Crippen molar-refractivity contribution in [2.45, 2.75) is 13.8 Å². The molecule has 0 saturated carbocycles. The van der Waals surface area contributed by atoms with Gasteiger partial charge in [-0.05, 0) is 26.6 Å². The van der Waals surface area contributed by atoms with Crippen molar-refractivity contribution in [3.05, 3.63) is 12.1 Å². The van der Waals surface area contributed by atoms with Crippen molar-refractivity contribution in [1.29, 1.82) is 0 Å². The Kier molecular flexibility index (Phi) is 11.9. The van der Waals surface area contributed by atoms with Gasteiger partial charge < -0.3 is 22.7 Å². The van der Waals surface area contributed by atoms with Crippen LogP contribution in [-0.2, 0) is 0 Å². The first-order valence-electron chi connectivity index (χ1n) is 5.87. The first kappa shape index (κ1) is 21.4. The van der Waals surface area contributed by atoms with Gasteiger partial charge in [-0.3, -0.25) is 0 Å². The van der Waals surface area contributed by atoms with Crippen molar-refractivity contribution >= 4 is 6.98 Å². The van der Waals surface area contributed by atoms with E-state index in [-0.39, 0.29) is 57.9 Å². The second kappa shape index (κ2) is 9.96. The van der Waals surface area contributed by atoms with Gasteiger partial charge in [0.1, 0.15) is 0 Å². The van der Waals surface area contributed by atoms with Gasteiger partial charge in [0.2, 0.25) is 0 Å². The standard InChI is InChI=1S/C11H23BF3N2.K/c1-10(2)8-17(7-6-16(4)5)9-11(3)12(13,14)15;/h10H,3,6-9H2,1-2,4-5H3;/q-1;+1. The minimum Gasteiger partial charge on any atom is -0.445 e. The van der Waals surface area contributed by atoms with E-state index >= 15 is 0 Å². The largest absolute Gasteiger partial charge is 1.00 e. The zero-order valence-electron chi connectivity index (χ0n) is 12.2. The molecule has 0 unspecified atom stereocenters. The van der Waals surface area contributed by atoms with Crippen molar-refractivity contribution in [3.8, 4) is 0 Å². The molecule has 0 atom stereocenters. The summed E-state index contributed by atoms with van der Waals surface area (Å²) in [5, 5.41) is 0. The van der Waals surface area contributed by atoms with Gasteiger partial charge in [-0.1, -0.05) is 13.8 Å². The molecule has 0 N–H and O–H groups in total. The number of rotatable bonds is 8. The summed E-state index contributed by atoms with van der Waals surface area (Å²) in [7, 11) is 3.83. The topological polar surface area (TPSA) is 6.48 Å². The Labute approximate surface area is 151 Å². The van der Waals surface area contributed by atoms with Crippen LogP contribution < -0.4 is 51.4 Å². The molecule has 0 aromatic carbocycles. The van der Waals surface area contributed by atoms with Crippen molar-refractivity contribution in [2.24, 2.45) is 5.92 Å². The molecule has 0 aliphatic heterocycles. The van der Waals surface area contributed by atoms with E-state index in [4.69, 9.17) is 0 Å². The van der Waals surface area contributed by atoms with Gasteiger partial charge in [-0.15, -0.1) is 12.1 Å². The van der Waals surface area contributed by atoms with E-state index in [2.05, 4.69) is 6.58 Å².